The van der Waals surface area contributed by atoms with Gasteiger partial charge in [-0.05, 0) is 53.2 Å². The quantitative estimate of drug-likeness (QED) is 0.561. The first-order valence-electron chi connectivity index (χ1n) is 6.26. The van der Waals surface area contributed by atoms with Gasteiger partial charge >= 0.3 is 5.69 Å². The number of benzene rings is 2. The van der Waals surface area contributed by atoms with Gasteiger partial charge in [0.25, 0.3) is 0 Å². The van der Waals surface area contributed by atoms with Crippen molar-refractivity contribution in [3.05, 3.63) is 56.0 Å². The predicted octanol–water partition coefficient (Wildman–Crippen LogP) is 5.19. The van der Waals surface area contributed by atoms with Gasteiger partial charge in [-0.2, -0.15) is 0 Å². The van der Waals surface area contributed by atoms with Crippen LogP contribution in [0.3, 0.4) is 0 Å². The Labute approximate surface area is 135 Å². The zero-order chi connectivity index (χ0) is 15.4. The molecule has 0 saturated heterocycles. The van der Waals surface area contributed by atoms with E-state index in [0.717, 1.165) is 4.47 Å². The van der Waals surface area contributed by atoms with E-state index < -0.39 is 4.92 Å². The van der Waals surface area contributed by atoms with Gasteiger partial charge in [0.2, 0.25) is 0 Å². The van der Waals surface area contributed by atoms with Crippen LogP contribution in [-0.2, 0) is 0 Å². The molecule has 0 aliphatic rings. The van der Waals surface area contributed by atoms with E-state index in [-0.39, 0.29) is 5.69 Å². The summed E-state index contributed by atoms with van der Waals surface area (Å²) in [6, 6.07) is 10.4. The largest absolute Gasteiger partial charge is 0.380 e. The lowest BCUT2D eigenvalue weighted by molar-refractivity contribution is -0.383. The number of nitro groups is 1. The van der Waals surface area contributed by atoms with Crippen molar-refractivity contribution in [2.75, 3.05) is 17.2 Å². The van der Waals surface area contributed by atoms with Crippen LogP contribution >= 0.6 is 27.5 Å². The minimum Gasteiger partial charge on any atom is -0.380 e. The first kappa shape index (κ1) is 15.6. The molecule has 0 aliphatic heterocycles. The summed E-state index contributed by atoms with van der Waals surface area (Å²) in [7, 11) is 0. The van der Waals surface area contributed by atoms with Crippen molar-refractivity contribution in [3.8, 4) is 0 Å². The highest BCUT2D eigenvalue weighted by Gasteiger charge is 2.19. The highest BCUT2D eigenvalue weighted by molar-refractivity contribution is 9.10. The van der Waals surface area contributed by atoms with Crippen molar-refractivity contribution in [1.82, 2.24) is 0 Å². The molecule has 7 heteroatoms. The molecule has 0 atom stereocenters. The number of rotatable bonds is 5. The Morgan fingerprint density at radius 1 is 1.29 bits per heavy atom. The number of para-hydroxylation sites is 1. The summed E-state index contributed by atoms with van der Waals surface area (Å²) in [4.78, 5) is 10.9. The van der Waals surface area contributed by atoms with Gasteiger partial charge in [0.15, 0.2) is 0 Å². The summed E-state index contributed by atoms with van der Waals surface area (Å²) in [5, 5.41) is 17.9. The van der Waals surface area contributed by atoms with Crippen LogP contribution in [0.2, 0.25) is 5.02 Å². The highest BCUT2D eigenvalue weighted by Crippen LogP contribution is 2.35. The molecular weight excluding hydrogens is 358 g/mol. The van der Waals surface area contributed by atoms with Crippen LogP contribution < -0.4 is 10.6 Å². The molecule has 0 saturated carbocycles. The summed E-state index contributed by atoms with van der Waals surface area (Å²) >= 11 is 9.34. The fourth-order valence-corrected chi connectivity index (χ4v) is 2.33. The first-order chi connectivity index (χ1) is 10.0. The van der Waals surface area contributed by atoms with Gasteiger partial charge in [-0.15, -0.1) is 0 Å². The Kier molecular flexibility index (Phi) is 5.03. The maximum Gasteiger partial charge on any atom is 0.315 e. The molecule has 0 aliphatic carbocycles. The molecule has 110 valence electrons. The lowest BCUT2D eigenvalue weighted by Gasteiger charge is -2.11. The number of hydrogen-bond donors (Lipinski definition) is 2. The van der Waals surface area contributed by atoms with Crippen molar-refractivity contribution in [1.29, 1.82) is 0 Å². The SMILES string of the molecule is CCNc1cccc(Nc2ccc(Br)c(Cl)c2)c1[N+](=O)[O-]. The lowest BCUT2D eigenvalue weighted by Crippen LogP contribution is -2.04. The second kappa shape index (κ2) is 6.78. The molecule has 2 rings (SSSR count). The van der Waals surface area contributed by atoms with E-state index in [9.17, 15) is 10.1 Å². The summed E-state index contributed by atoms with van der Waals surface area (Å²) in [5.74, 6) is 0. The van der Waals surface area contributed by atoms with Crippen molar-refractivity contribution in [3.63, 3.8) is 0 Å². The fourth-order valence-electron chi connectivity index (χ4n) is 1.90. The van der Waals surface area contributed by atoms with Gasteiger partial charge in [-0.3, -0.25) is 10.1 Å². The molecule has 0 radical (unpaired) electrons. The highest BCUT2D eigenvalue weighted by atomic mass is 79.9. The van der Waals surface area contributed by atoms with Crippen molar-refractivity contribution >= 4 is 50.3 Å². The average molecular weight is 371 g/mol. The molecule has 0 unspecified atom stereocenters. The molecule has 0 bridgehead atoms. The molecule has 0 heterocycles. The topological polar surface area (TPSA) is 67.2 Å². The first-order valence-corrected chi connectivity index (χ1v) is 7.43. The molecule has 2 aromatic carbocycles. The predicted molar refractivity (Wildman–Crippen MR) is 89.7 cm³/mol. The third kappa shape index (κ3) is 3.65. The zero-order valence-electron chi connectivity index (χ0n) is 11.2. The molecular formula is C14H13BrClN3O2. The van der Waals surface area contributed by atoms with E-state index in [1.807, 2.05) is 6.92 Å². The van der Waals surface area contributed by atoms with Crippen molar-refractivity contribution < 1.29 is 4.92 Å². The molecule has 0 spiro atoms. The number of nitrogens with zero attached hydrogens (tertiary/aromatic N) is 1. The third-order valence-electron chi connectivity index (χ3n) is 2.78. The minimum absolute atomic E-state index is 0.0124. The fraction of sp³-hybridized carbons (Fsp3) is 0.143. The van der Waals surface area contributed by atoms with E-state index in [1.165, 1.54) is 0 Å². The van der Waals surface area contributed by atoms with Crippen LogP contribution in [-0.4, -0.2) is 11.5 Å². The van der Waals surface area contributed by atoms with E-state index in [2.05, 4.69) is 26.6 Å². The number of anilines is 3. The van der Waals surface area contributed by atoms with Crippen molar-refractivity contribution in [2.45, 2.75) is 6.92 Å². The summed E-state index contributed by atoms with van der Waals surface area (Å²) in [6.07, 6.45) is 0. The van der Waals surface area contributed by atoms with Crippen LogP contribution in [0.5, 0.6) is 0 Å². The van der Waals surface area contributed by atoms with Gasteiger partial charge in [0.1, 0.15) is 11.4 Å². The lowest BCUT2D eigenvalue weighted by atomic mass is 10.2. The van der Waals surface area contributed by atoms with Crippen LogP contribution in [0.4, 0.5) is 22.7 Å². The second-order valence-electron chi connectivity index (χ2n) is 4.24. The summed E-state index contributed by atoms with van der Waals surface area (Å²) < 4.78 is 0.769. The van der Waals surface area contributed by atoms with Crippen LogP contribution in [0, 0.1) is 10.1 Å². The molecule has 21 heavy (non-hydrogen) atoms. The normalized spacial score (nSPS) is 10.2. The number of halogens is 2. The molecule has 0 amide bonds. The Balaban J connectivity index is 2.41. The minimum atomic E-state index is -0.402. The zero-order valence-corrected chi connectivity index (χ0v) is 13.5. The smallest absolute Gasteiger partial charge is 0.315 e. The average Bonchev–Trinajstić information content (AvgIpc) is 2.43. The Bertz CT molecular complexity index is 679. The second-order valence-corrected chi connectivity index (χ2v) is 5.50. The van der Waals surface area contributed by atoms with E-state index >= 15 is 0 Å². The maximum atomic E-state index is 11.3. The van der Waals surface area contributed by atoms with Gasteiger partial charge in [0, 0.05) is 16.7 Å². The summed E-state index contributed by atoms with van der Waals surface area (Å²) in [5.41, 5.74) is 1.59. The van der Waals surface area contributed by atoms with Gasteiger partial charge < -0.3 is 10.6 Å². The van der Waals surface area contributed by atoms with E-state index in [0.29, 0.717) is 28.6 Å². The van der Waals surface area contributed by atoms with Crippen LogP contribution in [0.1, 0.15) is 6.92 Å². The summed E-state index contributed by atoms with van der Waals surface area (Å²) in [6.45, 7) is 2.49. The van der Waals surface area contributed by atoms with Crippen LogP contribution in [0.15, 0.2) is 40.9 Å². The number of hydrogen-bond acceptors (Lipinski definition) is 4. The molecule has 5 nitrogen and oxygen atoms in total. The van der Waals surface area contributed by atoms with Gasteiger partial charge in [-0.1, -0.05) is 17.7 Å². The monoisotopic (exact) mass is 369 g/mol. The van der Waals surface area contributed by atoms with Gasteiger partial charge in [0.05, 0.1) is 9.95 Å². The van der Waals surface area contributed by atoms with E-state index in [1.54, 1.807) is 36.4 Å². The molecule has 2 N–H and O–H groups in total. The maximum absolute atomic E-state index is 11.3. The number of nitrogens with one attached hydrogen (secondary N) is 2. The van der Waals surface area contributed by atoms with Crippen molar-refractivity contribution in [2.24, 2.45) is 0 Å². The third-order valence-corrected chi connectivity index (χ3v) is 4.02. The molecule has 2 aromatic rings. The standard InChI is InChI=1S/C14H13BrClN3O2/c1-2-17-12-4-3-5-13(14(12)19(20)21)18-9-6-7-10(15)11(16)8-9/h3-8,17-18H,2H2,1H3. The van der Waals surface area contributed by atoms with E-state index in [4.69, 9.17) is 11.6 Å². The molecule has 0 aromatic heterocycles. The van der Waals surface area contributed by atoms with Crippen LogP contribution in [0.25, 0.3) is 0 Å². The number of nitro benzene ring substituents is 1. The molecule has 0 fully saturated rings. The van der Waals surface area contributed by atoms with Gasteiger partial charge in [-0.25, -0.2) is 0 Å². The Hall–Kier alpha value is -1.79. The Morgan fingerprint density at radius 2 is 2.00 bits per heavy atom. The Morgan fingerprint density at radius 3 is 2.62 bits per heavy atom.